The highest BCUT2D eigenvalue weighted by atomic mass is 16.4. The molecule has 0 aliphatic carbocycles. The number of para-hydroxylation sites is 2. The van der Waals surface area contributed by atoms with Crippen LogP contribution in [-0.2, 0) is 9.59 Å². The van der Waals surface area contributed by atoms with E-state index in [9.17, 15) is 14.7 Å². The van der Waals surface area contributed by atoms with Crippen molar-refractivity contribution in [1.29, 1.82) is 0 Å². The number of phenolic OH excluding ortho intramolecular Hbond substituents is 1. The van der Waals surface area contributed by atoms with Crippen LogP contribution in [0.4, 0.5) is 5.69 Å². The number of anilines is 1. The number of nitrogens with zero attached hydrogens (tertiary/aromatic N) is 1. The number of phenols is 1. The van der Waals surface area contributed by atoms with Gasteiger partial charge in [0.05, 0.1) is 5.69 Å². The fourth-order valence-corrected chi connectivity index (χ4v) is 1.22. The molecule has 0 spiro atoms. The largest absolute Gasteiger partial charge is 0.506 e. The molecular formula is C11H11NO4. The van der Waals surface area contributed by atoms with Gasteiger partial charge in [0.25, 0.3) is 5.91 Å². The van der Waals surface area contributed by atoms with Gasteiger partial charge in [-0.1, -0.05) is 18.7 Å². The molecule has 0 aliphatic rings. The van der Waals surface area contributed by atoms with E-state index >= 15 is 0 Å². The smallest absolute Gasteiger partial charge is 0.323 e. The van der Waals surface area contributed by atoms with Crippen molar-refractivity contribution in [2.45, 2.75) is 0 Å². The van der Waals surface area contributed by atoms with Gasteiger partial charge in [-0.15, -0.1) is 0 Å². The zero-order valence-electron chi connectivity index (χ0n) is 8.46. The first kappa shape index (κ1) is 11.8. The number of amides is 1. The van der Waals surface area contributed by atoms with Crippen LogP contribution in [0.2, 0.25) is 0 Å². The standard InChI is InChI=1S/C11H11NO4/c1-2-10(14)12(7-11(15)16)8-5-3-4-6-9(8)13/h2-6,13H,1,7H2,(H,15,16). The summed E-state index contributed by atoms with van der Waals surface area (Å²) in [5, 5.41) is 18.2. The lowest BCUT2D eigenvalue weighted by Gasteiger charge is -2.19. The summed E-state index contributed by atoms with van der Waals surface area (Å²) >= 11 is 0. The molecule has 0 atom stereocenters. The number of rotatable bonds is 4. The number of carbonyl (C=O) groups is 2. The first-order valence-corrected chi connectivity index (χ1v) is 4.50. The normalized spacial score (nSPS) is 9.50. The van der Waals surface area contributed by atoms with E-state index in [0.29, 0.717) is 0 Å². The lowest BCUT2D eigenvalue weighted by atomic mass is 10.2. The fourth-order valence-electron chi connectivity index (χ4n) is 1.22. The van der Waals surface area contributed by atoms with Crippen LogP contribution in [0.5, 0.6) is 5.75 Å². The highest BCUT2D eigenvalue weighted by Crippen LogP contribution is 2.26. The summed E-state index contributed by atoms with van der Waals surface area (Å²) in [6.07, 6.45) is 0.995. The summed E-state index contributed by atoms with van der Waals surface area (Å²) in [5.74, 6) is -1.90. The van der Waals surface area contributed by atoms with Crippen LogP contribution in [0.1, 0.15) is 0 Å². The maximum Gasteiger partial charge on any atom is 0.323 e. The number of aromatic hydroxyl groups is 1. The van der Waals surface area contributed by atoms with Crippen molar-refractivity contribution in [2.75, 3.05) is 11.4 Å². The SMILES string of the molecule is C=CC(=O)N(CC(=O)O)c1ccccc1O. The molecule has 84 valence electrons. The van der Waals surface area contributed by atoms with E-state index in [-0.39, 0.29) is 11.4 Å². The molecule has 0 aliphatic heterocycles. The Morgan fingerprint density at radius 2 is 2.00 bits per heavy atom. The summed E-state index contributed by atoms with van der Waals surface area (Å²) in [5.41, 5.74) is 0.148. The minimum absolute atomic E-state index is 0.148. The van der Waals surface area contributed by atoms with Crippen molar-refractivity contribution in [3.63, 3.8) is 0 Å². The number of aliphatic carboxylic acids is 1. The van der Waals surface area contributed by atoms with Crippen molar-refractivity contribution >= 4 is 17.6 Å². The molecule has 0 radical (unpaired) electrons. The molecule has 5 heteroatoms. The summed E-state index contributed by atoms with van der Waals surface area (Å²) in [7, 11) is 0. The molecule has 1 amide bonds. The second-order valence-electron chi connectivity index (χ2n) is 3.01. The second-order valence-corrected chi connectivity index (χ2v) is 3.01. The Morgan fingerprint density at radius 1 is 1.38 bits per heavy atom. The lowest BCUT2D eigenvalue weighted by Crippen LogP contribution is -2.34. The summed E-state index contributed by atoms with van der Waals surface area (Å²) in [4.78, 5) is 23.0. The highest BCUT2D eigenvalue weighted by Gasteiger charge is 2.18. The molecule has 1 aromatic carbocycles. The van der Waals surface area contributed by atoms with Gasteiger partial charge >= 0.3 is 5.97 Å². The van der Waals surface area contributed by atoms with E-state index in [4.69, 9.17) is 5.11 Å². The molecular weight excluding hydrogens is 210 g/mol. The van der Waals surface area contributed by atoms with Crippen LogP contribution >= 0.6 is 0 Å². The van der Waals surface area contributed by atoms with E-state index in [1.807, 2.05) is 0 Å². The predicted molar refractivity (Wildman–Crippen MR) is 58.3 cm³/mol. The third kappa shape index (κ3) is 2.60. The topological polar surface area (TPSA) is 77.8 Å². The first-order valence-electron chi connectivity index (χ1n) is 4.50. The molecule has 0 saturated carbocycles. The van der Waals surface area contributed by atoms with Gasteiger partial charge in [-0.3, -0.25) is 14.5 Å². The van der Waals surface area contributed by atoms with Gasteiger partial charge in [-0.25, -0.2) is 0 Å². The molecule has 0 saturated heterocycles. The van der Waals surface area contributed by atoms with Crippen LogP contribution in [-0.4, -0.2) is 28.6 Å². The summed E-state index contributed by atoms with van der Waals surface area (Å²) in [6.45, 7) is 2.75. The molecule has 1 aromatic rings. The van der Waals surface area contributed by atoms with E-state index in [1.165, 1.54) is 12.1 Å². The van der Waals surface area contributed by atoms with Gasteiger partial charge in [0.1, 0.15) is 12.3 Å². The zero-order valence-corrected chi connectivity index (χ0v) is 8.46. The van der Waals surface area contributed by atoms with E-state index in [2.05, 4.69) is 6.58 Å². The maximum atomic E-state index is 11.4. The highest BCUT2D eigenvalue weighted by molar-refractivity contribution is 6.04. The Labute approximate surface area is 92.2 Å². The average molecular weight is 221 g/mol. The number of carboxylic acids is 1. The van der Waals surface area contributed by atoms with Gasteiger partial charge < -0.3 is 10.2 Å². The van der Waals surface area contributed by atoms with Crippen molar-refractivity contribution in [1.82, 2.24) is 0 Å². The Bertz CT molecular complexity index is 428. The van der Waals surface area contributed by atoms with Crippen LogP contribution in [0.15, 0.2) is 36.9 Å². The molecule has 2 N–H and O–H groups in total. The predicted octanol–water partition coefficient (Wildman–Crippen LogP) is 0.996. The fraction of sp³-hybridized carbons (Fsp3) is 0.0909. The van der Waals surface area contributed by atoms with Crippen LogP contribution in [0, 0.1) is 0 Å². The van der Waals surface area contributed by atoms with Gasteiger partial charge in [-0.05, 0) is 18.2 Å². The maximum absolute atomic E-state index is 11.4. The lowest BCUT2D eigenvalue weighted by molar-refractivity contribution is -0.136. The molecule has 5 nitrogen and oxygen atoms in total. The first-order chi connectivity index (χ1) is 7.56. The second kappa shape index (κ2) is 4.97. The van der Waals surface area contributed by atoms with E-state index in [0.717, 1.165) is 11.0 Å². The Kier molecular flexibility index (Phi) is 3.66. The quantitative estimate of drug-likeness (QED) is 0.743. The molecule has 0 fully saturated rings. The van der Waals surface area contributed by atoms with Crippen molar-refractivity contribution in [2.24, 2.45) is 0 Å². The van der Waals surface area contributed by atoms with Crippen molar-refractivity contribution in [3.8, 4) is 5.75 Å². The van der Waals surface area contributed by atoms with Gasteiger partial charge in [0.15, 0.2) is 0 Å². The third-order valence-corrected chi connectivity index (χ3v) is 1.91. The molecule has 0 aromatic heterocycles. The molecule has 0 heterocycles. The Hall–Kier alpha value is -2.30. The third-order valence-electron chi connectivity index (χ3n) is 1.91. The minimum atomic E-state index is -1.17. The number of benzene rings is 1. The van der Waals surface area contributed by atoms with Gasteiger partial charge in [0.2, 0.25) is 0 Å². The summed E-state index contributed by atoms with van der Waals surface area (Å²) in [6, 6.07) is 6.01. The van der Waals surface area contributed by atoms with Crippen LogP contribution in [0.25, 0.3) is 0 Å². The van der Waals surface area contributed by atoms with E-state index < -0.39 is 18.4 Å². The number of hydrogen-bond acceptors (Lipinski definition) is 3. The Morgan fingerprint density at radius 3 is 2.50 bits per heavy atom. The van der Waals surface area contributed by atoms with Gasteiger partial charge in [0, 0.05) is 0 Å². The molecule has 0 unspecified atom stereocenters. The zero-order chi connectivity index (χ0) is 12.1. The van der Waals surface area contributed by atoms with Crippen molar-refractivity contribution in [3.05, 3.63) is 36.9 Å². The van der Waals surface area contributed by atoms with Crippen LogP contribution in [0.3, 0.4) is 0 Å². The van der Waals surface area contributed by atoms with Crippen LogP contribution < -0.4 is 4.90 Å². The number of carbonyl (C=O) groups excluding carboxylic acids is 1. The number of carboxylic acid groups (broad SMARTS) is 1. The average Bonchev–Trinajstić information content (AvgIpc) is 2.26. The van der Waals surface area contributed by atoms with Crippen molar-refractivity contribution < 1.29 is 19.8 Å². The molecule has 1 rings (SSSR count). The summed E-state index contributed by atoms with van der Waals surface area (Å²) < 4.78 is 0. The monoisotopic (exact) mass is 221 g/mol. The Balaban J connectivity index is 3.10. The molecule has 0 bridgehead atoms. The minimum Gasteiger partial charge on any atom is -0.506 e. The van der Waals surface area contributed by atoms with Gasteiger partial charge in [-0.2, -0.15) is 0 Å². The number of hydrogen-bond donors (Lipinski definition) is 2. The van der Waals surface area contributed by atoms with E-state index in [1.54, 1.807) is 12.1 Å². The molecule has 16 heavy (non-hydrogen) atoms.